The van der Waals surface area contributed by atoms with Crippen LogP contribution in [0.5, 0.6) is 0 Å². The van der Waals surface area contributed by atoms with E-state index >= 15 is 0 Å². The Balaban J connectivity index is 1.51. The minimum atomic E-state index is -0.456. The first-order valence-corrected chi connectivity index (χ1v) is 7.95. The first kappa shape index (κ1) is 15.9. The smallest absolute Gasteiger partial charge is 0.258 e. The third-order valence-electron chi connectivity index (χ3n) is 4.06. The first-order valence-electron chi connectivity index (χ1n) is 7.95. The van der Waals surface area contributed by atoms with Gasteiger partial charge in [0.25, 0.3) is 11.8 Å². The highest BCUT2D eigenvalue weighted by Gasteiger charge is 2.25. The van der Waals surface area contributed by atoms with Crippen molar-refractivity contribution in [1.29, 1.82) is 0 Å². The number of nitrogens with one attached hydrogen (secondary N) is 2. The highest BCUT2D eigenvalue weighted by Crippen LogP contribution is 2.20. The molecule has 2 amide bonds. The summed E-state index contributed by atoms with van der Waals surface area (Å²) in [6, 6.07) is 11.3. The Kier molecular flexibility index (Phi) is 3.92. The van der Waals surface area contributed by atoms with E-state index in [1.165, 1.54) is 23.1 Å². The molecule has 1 aliphatic rings. The lowest BCUT2D eigenvalue weighted by Crippen LogP contribution is -2.19. The Labute approximate surface area is 147 Å². The van der Waals surface area contributed by atoms with E-state index in [1.54, 1.807) is 30.3 Å². The summed E-state index contributed by atoms with van der Waals surface area (Å²) < 4.78 is 14.7. The zero-order chi connectivity index (χ0) is 18.1. The molecule has 1 aliphatic heterocycles. The predicted octanol–water partition coefficient (Wildman–Crippen LogP) is 1.96. The Morgan fingerprint density at radius 1 is 1.27 bits per heavy atom. The summed E-state index contributed by atoms with van der Waals surface area (Å²) in [5, 5.41) is 9.45. The molecule has 2 aromatic carbocycles. The van der Waals surface area contributed by atoms with Crippen molar-refractivity contribution < 1.29 is 14.0 Å². The van der Waals surface area contributed by atoms with Crippen molar-refractivity contribution in [3.63, 3.8) is 0 Å². The van der Waals surface area contributed by atoms with Gasteiger partial charge in [0.2, 0.25) is 5.95 Å². The monoisotopic (exact) mass is 351 g/mol. The lowest BCUT2D eigenvalue weighted by atomic mass is 10.0. The van der Waals surface area contributed by atoms with Crippen molar-refractivity contribution >= 4 is 17.8 Å². The molecule has 4 rings (SSSR count). The SMILES string of the molecule is O=C(Nc1ncn(Cc2cccc(F)c2)n1)c1cccc2c1C(=O)NC2. The molecule has 3 aromatic rings. The van der Waals surface area contributed by atoms with E-state index in [9.17, 15) is 14.0 Å². The molecule has 2 heterocycles. The number of nitrogens with zero attached hydrogens (tertiary/aromatic N) is 3. The van der Waals surface area contributed by atoms with Crippen LogP contribution in [-0.2, 0) is 13.1 Å². The molecule has 0 radical (unpaired) electrons. The fourth-order valence-corrected chi connectivity index (χ4v) is 2.89. The van der Waals surface area contributed by atoms with Crippen molar-refractivity contribution in [2.24, 2.45) is 0 Å². The molecule has 0 bridgehead atoms. The van der Waals surface area contributed by atoms with E-state index in [-0.39, 0.29) is 23.2 Å². The molecular formula is C18H14FN5O2. The van der Waals surface area contributed by atoms with Crippen LogP contribution in [0.1, 0.15) is 31.8 Å². The molecule has 0 atom stereocenters. The van der Waals surface area contributed by atoms with E-state index in [0.29, 0.717) is 18.7 Å². The average Bonchev–Trinajstić information content (AvgIpc) is 3.22. The summed E-state index contributed by atoms with van der Waals surface area (Å²) in [7, 11) is 0. The third-order valence-corrected chi connectivity index (χ3v) is 4.06. The van der Waals surface area contributed by atoms with Crippen LogP contribution >= 0.6 is 0 Å². The number of rotatable bonds is 4. The molecule has 0 spiro atoms. The summed E-state index contributed by atoms with van der Waals surface area (Å²) in [4.78, 5) is 28.5. The molecule has 26 heavy (non-hydrogen) atoms. The number of hydrogen-bond donors (Lipinski definition) is 2. The van der Waals surface area contributed by atoms with E-state index in [2.05, 4.69) is 20.7 Å². The van der Waals surface area contributed by atoms with Crippen LogP contribution in [0.2, 0.25) is 0 Å². The Hall–Kier alpha value is -3.55. The quantitative estimate of drug-likeness (QED) is 0.752. The van der Waals surface area contributed by atoms with E-state index in [0.717, 1.165) is 11.1 Å². The summed E-state index contributed by atoms with van der Waals surface area (Å²) >= 11 is 0. The Bertz CT molecular complexity index is 1010. The van der Waals surface area contributed by atoms with Gasteiger partial charge in [0.05, 0.1) is 17.7 Å². The van der Waals surface area contributed by atoms with E-state index in [1.807, 2.05) is 0 Å². The molecule has 2 N–H and O–H groups in total. The predicted molar refractivity (Wildman–Crippen MR) is 91.1 cm³/mol. The molecule has 8 heteroatoms. The number of carbonyl (C=O) groups is 2. The van der Waals surface area contributed by atoms with Crippen LogP contribution in [0.4, 0.5) is 10.3 Å². The van der Waals surface area contributed by atoms with Gasteiger partial charge in [-0.25, -0.2) is 14.1 Å². The minimum Gasteiger partial charge on any atom is -0.348 e. The summed E-state index contributed by atoms with van der Waals surface area (Å²) in [5.74, 6) is -0.937. The van der Waals surface area contributed by atoms with Crippen LogP contribution in [0.3, 0.4) is 0 Å². The van der Waals surface area contributed by atoms with E-state index < -0.39 is 5.91 Å². The van der Waals surface area contributed by atoms with Gasteiger partial charge in [-0.2, -0.15) is 0 Å². The lowest BCUT2D eigenvalue weighted by molar-refractivity contribution is 0.0952. The van der Waals surface area contributed by atoms with Gasteiger partial charge < -0.3 is 5.32 Å². The maximum absolute atomic E-state index is 13.2. The second-order valence-electron chi connectivity index (χ2n) is 5.87. The van der Waals surface area contributed by atoms with Crippen molar-refractivity contribution in [2.75, 3.05) is 5.32 Å². The van der Waals surface area contributed by atoms with Crippen LogP contribution < -0.4 is 10.6 Å². The van der Waals surface area contributed by atoms with Crippen LogP contribution in [-0.4, -0.2) is 26.6 Å². The highest BCUT2D eigenvalue weighted by molar-refractivity contribution is 6.13. The van der Waals surface area contributed by atoms with Gasteiger partial charge in [-0.05, 0) is 29.3 Å². The number of carbonyl (C=O) groups excluding carboxylic acids is 2. The normalized spacial score (nSPS) is 12.6. The lowest BCUT2D eigenvalue weighted by Gasteiger charge is -2.05. The van der Waals surface area contributed by atoms with Crippen LogP contribution in [0.15, 0.2) is 48.8 Å². The molecule has 7 nitrogen and oxygen atoms in total. The molecular weight excluding hydrogens is 337 g/mol. The average molecular weight is 351 g/mol. The fourth-order valence-electron chi connectivity index (χ4n) is 2.89. The maximum atomic E-state index is 13.2. The van der Waals surface area contributed by atoms with Crippen molar-refractivity contribution in [2.45, 2.75) is 13.1 Å². The van der Waals surface area contributed by atoms with Crippen molar-refractivity contribution in [1.82, 2.24) is 20.1 Å². The number of amides is 2. The summed E-state index contributed by atoms with van der Waals surface area (Å²) in [6.45, 7) is 0.736. The highest BCUT2D eigenvalue weighted by atomic mass is 19.1. The number of hydrogen-bond acceptors (Lipinski definition) is 4. The Morgan fingerprint density at radius 2 is 2.12 bits per heavy atom. The van der Waals surface area contributed by atoms with Gasteiger partial charge in [0.1, 0.15) is 12.1 Å². The molecule has 1 aromatic heterocycles. The van der Waals surface area contributed by atoms with Gasteiger partial charge in [0, 0.05) is 6.54 Å². The van der Waals surface area contributed by atoms with E-state index in [4.69, 9.17) is 0 Å². The number of fused-ring (bicyclic) bond motifs is 1. The second-order valence-corrected chi connectivity index (χ2v) is 5.87. The van der Waals surface area contributed by atoms with Crippen LogP contribution in [0.25, 0.3) is 0 Å². The van der Waals surface area contributed by atoms with Crippen molar-refractivity contribution in [3.05, 3.63) is 76.9 Å². The molecule has 0 fully saturated rings. The minimum absolute atomic E-state index is 0.113. The van der Waals surface area contributed by atoms with Gasteiger partial charge in [0.15, 0.2) is 0 Å². The van der Waals surface area contributed by atoms with Crippen molar-refractivity contribution in [3.8, 4) is 0 Å². The standard InChI is InChI=1S/C18H14FN5O2/c19-13-5-1-3-11(7-13)9-24-10-21-18(23-24)22-16(25)14-6-2-4-12-8-20-17(26)15(12)14/h1-7,10H,8-9H2,(H,20,26)(H,22,23,25). The zero-order valence-corrected chi connectivity index (χ0v) is 13.6. The van der Waals surface area contributed by atoms with Gasteiger partial charge >= 0.3 is 0 Å². The Morgan fingerprint density at radius 3 is 2.96 bits per heavy atom. The first-order chi connectivity index (χ1) is 12.6. The van der Waals surface area contributed by atoms with Gasteiger partial charge in [-0.3, -0.25) is 14.9 Å². The zero-order valence-electron chi connectivity index (χ0n) is 13.6. The fraction of sp³-hybridized carbons (Fsp3) is 0.111. The topological polar surface area (TPSA) is 88.9 Å². The molecule has 0 aliphatic carbocycles. The summed E-state index contributed by atoms with van der Waals surface area (Å²) in [6.07, 6.45) is 1.45. The number of halogens is 1. The molecule has 0 saturated carbocycles. The second kappa shape index (κ2) is 6.40. The maximum Gasteiger partial charge on any atom is 0.258 e. The number of benzene rings is 2. The van der Waals surface area contributed by atoms with Gasteiger partial charge in [-0.15, -0.1) is 5.10 Å². The van der Waals surface area contributed by atoms with Crippen LogP contribution in [0, 0.1) is 5.82 Å². The number of aromatic nitrogens is 3. The molecule has 0 unspecified atom stereocenters. The largest absolute Gasteiger partial charge is 0.348 e. The van der Waals surface area contributed by atoms with Gasteiger partial charge in [-0.1, -0.05) is 24.3 Å². The molecule has 130 valence electrons. The molecule has 0 saturated heterocycles. The third kappa shape index (κ3) is 3.04. The summed E-state index contributed by atoms with van der Waals surface area (Å²) in [5.41, 5.74) is 2.17. The number of anilines is 1.